The van der Waals surface area contributed by atoms with Crippen molar-refractivity contribution >= 4 is 12.0 Å². The number of likely N-dealkylation sites (tertiary alicyclic amines) is 1. The molecule has 1 N–H and O–H groups in total. The van der Waals surface area contributed by atoms with Crippen molar-refractivity contribution in [3.05, 3.63) is 35.6 Å². The van der Waals surface area contributed by atoms with Gasteiger partial charge >= 0.3 is 6.09 Å². The maximum atomic E-state index is 13.0. The van der Waals surface area contributed by atoms with Gasteiger partial charge in [0.25, 0.3) is 0 Å². The number of carbonyl (C=O) groups excluding carboxylic acids is 2. The van der Waals surface area contributed by atoms with Crippen molar-refractivity contribution in [2.75, 3.05) is 6.54 Å². The number of nitrogens with one attached hydrogen (secondary N) is 1. The van der Waals surface area contributed by atoms with Crippen LogP contribution >= 0.6 is 0 Å². The first kappa shape index (κ1) is 18.7. The van der Waals surface area contributed by atoms with Gasteiger partial charge in [-0.3, -0.25) is 9.69 Å². The highest BCUT2D eigenvalue weighted by Crippen LogP contribution is 2.41. The van der Waals surface area contributed by atoms with Crippen molar-refractivity contribution in [1.29, 1.82) is 0 Å². The van der Waals surface area contributed by atoms with Crippen LogP contribution in [-0.2, 0) is 9.53 Å². The van der Waals surface area contributed by atoms with Gasteiger partial charge in [0.15, 0.2) is 0 Å². The Kier molecular flexibility index (Phi) is 5.21. The van der Waals surface area contributed by atoms with Crippen LogP contribution in [0.5, 0.6) is 0 Å². The van der Waals surface area contributed by atoms with Crippen molar-refractivity contribution in [2.45, 2.75) is 70.1 Å². The number of carbonyl (C=O) groups is 2. The quantitative estimate of drug-likeness (QED) is 0.894. The fourth-order valence-corrected chi connectivity index (χ4v) is 3.46. The minimum atomic E-state index is -0.584. The van der Waals surface area contributed by atoms with E-state index in [0.717, 1.165) is 24.8 Å². The summed E-state index contributed by atoms with van der Waals surface area (Å²) < 4.78 is 18.5. The van der Waals surface area contributed by atoms with E-state index in [4.69, 9.17) is 4.74 Å². The summed E-state index contributed by atoms with van der Waals surface area (Å²) in [4.78, 5) is 26.7. The molecule has 1 saturated heterocycles. The Morgan fingerprint density at radius 1 is 1.19 bits per heavy atom. The zero-order chi connectivity index (χ0) is 18.9. The van der Waals surface area contributed by atoms with Crippen molar-refractivity contribution in [2.24, 2.45) is 0 Å². The number of rotatable bonds is 3. The predicted molar refractivity (Wildman–Crippen MR) is 96.3 cm³/mol. The van der Waals surface area contributed by atoms with Gasteiger partial charge in [0.1, 0.15) is 17.5 Å². The van der Waals surface area contributed by atoms with Gasteiger partial charge in [-0.25, -0.2) is 9.18 Å². The molecule has 0 radical (unpaired) electrons. The summed E-state index contributed by atoms with van der Waals surface area (Å²) in [6.45, 7) is 6.00. The summed E-state index contributed by atoms with van der Waals surface area (Å²) in [5.74, 6) is -0.159. The zero-order valence-electron chi connectivity index (χ0n) is 15.6. The van der Waals surface area contributed by atoms with Crippen LogP contribution < -0.4 is 5.32 Å². The summed E-state index contributed by atoms with van der Waals surface area (Å²) >= 11 is 0. The molecule has 142 valence electrons. The molecule has 0 bridgehead atoms. The van der Waals surface area contributed by atoms with Gasteiger partial charge in [-0.1, -0.05) is 12.1 Å². The van der Waals surface area contributed by atoms with Gasteiger partial charge in [-0.15, -0.1) is 0 Å². The van der Waals surface area contributed by atoms with E-state index in [9.17, 15) is 14.0 Å². The molecule has 3 atom stereocenters. The number of amides is 2. The summed E-state index contributed by atoms with van der Waals surface area (Å²) in [7, 11) is 0. The van der Waals surface area contributed by atoms with Gasteiger partial charge in [-0.05, 0) is 64.2 Å². The molecule has 1 aromatic rings. The Hall–Kier alpha value is -2.11. The molecule has 26 heavy (non-hydrogen) atoms. The molecular weight excluding hydrogens is 335 g/mol. The molecule has 0 aromatic heterocycles. The van der Waals surface area contributed by atoms with Gasteiger partial charge in [0.2, 0.25) is 5.91 Å². The summed E-state index contributed by atoms with van der Waals surface area (Å²) in [6.07, 6.45) is 2.87. The van der Waals surface area contributed by atoms with E-state index in [0.29, 0.717) is 13.0 Å². The summed E-state index contributed by atoms with van der Waals surface area (Å²) in [5, 5.41) is 3.05. The van der Waals surface area contributed by atoms with Gasteiger partial charge in [0.05, 0.1) is 0 Å². The van der Waals surface area contributed by atoms with Gasteiger partial charge < -0.3 is 10.1 Å². The molecule has 1 aliphatic heterocycles. The Bertz CT molecular complexity index is 669. The lowest BCUT2D eigenvalue weighted by Gasteiger charge is -2.35. The number of halogens is 1. The molecule has 3 rings (SSSR count). The highest BCUT2D eigenvalue weighted by Gasteiger charge is 2.42. The molecule has 2 aliphatic rings. The first-order valence-corrected chi connectivity index (χ1v) is 9.30. The summed E-state index contributed by atoms with van der Waals surface area (Å²) in [6, 6.07) is 5.98. The molecule has 0 spiro atoms. The lowest BCUT2D eigenvalue weighted by atomic mass is 10.0. The molecule has 0 unspecified atom stereocenters. The third kappa shape index (κ3) is 4.54. The van der Waals surface area contributed by atoms with Gasteiger partial charge in [-0.2, -0.15) is 0 Å². The van der Waals surface area contributed by atoms with E-state index in [1.54, 1.807) is 17.0 Å². The second kappa shape index (κ2) is 7.25. The van der Waals surface area contributed by atoms with Crippen LogP contribution in [0.4, 0.5) is 9.18 Å². The molecule has 1 heterocycles. The van der Waals surface area contributed by atoms with Crippen LogP contribution in [0.2, 0.25) is 0 Å². The molecular formula is C20H27FN2O3. The topological polar surface area (TPSA) is 58.6 Å². The number of nitrogens with zero attached hydrogens (tertiary/aromatic N) is 1. The molecule has 2 amide bonds. The van der Waals surface area contributed by atoms with Crippen LogP contribution in [0.25, 0.3) is 0 Å². The summed E-state index contributed by atoms with van der Waals surface area (Å²) in [5.41, 5.74) is 0.448. The van der Waals surface area contributed by atoms with Crippen LogP contribution in [-0.4, -0.2) is 41.1 Å². The monoisotopic (exact) mass is 362 g/mol. The first-order chi connectivity index (χ1) is 12.2. The molecule has 1 aromatic carbocycles. The minimum Gasteiger partial charge on any atom is -0.444 e. The number of hydrogen-bond donors (Lipinski definition) is 1. The number of benzene rings is 1. The normalized spacial score (nSPS) is 25.5. The third-order valence-corrected chi connectivity index (χ3v) is 4.85. The van der Waals surface area contributed by atoms with E-state index in [1.165, 1.54) is 12.1 Å². The van der Waals surface area contributed by atoms with Crippen molar-refractivity contribution in [1.82, 2.24) is 10.2 Å². The van der Waals surface area contributed by atoms with E-state index in [-0.39, 0.29) is 23.7 Å². The van der Waals surface area contributed by atoms with Crippen LogP contribution in [0, 0.1) is 5.82 Å². The van der Waals surface area contributed by atoms with Crippen molar-refractivity contribution in [3.63, 3.8) is 0 Å². The van der Waals surface area contributed by atoms with Crippen LogP contribution in [0.15, 0.2) is 24.3 Å². The second-order valence-corrected chi connectivity index (χ2v) is 8.19. The number of ether oxygens (including phenoxy) is 1. The highest BCUT2D eigenvalue weighted by atomic mass is 19.1. The van der Waals surface area contributed by atoms with E-state index in [1.807, 2.05) is 20.8 Å². The predicted octanol–water partition coefficient (Wildman–Crippen LogP) is 3.59. The largest absolute Gasteiger partial charge is 0.444 e. The fourth-order valence-electron chi connectivity index (χ4n) is 3.46. The average Bonchev–Trinajstić information content (AvgIpc) is 3.33. The van der Waals surface area contributed by atoms with Crippen LogP contribution in [0.3, 0.4) is 0 Å². The van der Waals surface area contributed by atoms with E-state index < -0.39 is 17.7 Å². The maximum Gasteiger partial charge on any atom is 0.410 e. The molecule has 1 saturated carbocycles. The molecule has 6 heteroatoms. The fraction of sp³-hybridized carbons (Fsp3) is 0.600. The SMILES string of the molecule is CC(C)(C)OC(=O)N1CCCC[C@@H]1C(=O)N[C@H]1C[C@H]1c1ccc(F)cc1. The highest BCUT2D eigenvalue weighted by molar-refractivity contribution is 5.86. The standard InChI is InChI=1S/C20H27FN2O3/c1-20(2,3)26-19(25)23-11-5-4-6-17(23)18(24)22-16-12-15(16)13-7-9-14(21)10-8-13/h7-10,15-17H,4-6,11-12H2,1-3H3,(H,22,24)/t15-,16-,17+/m0/s1. The average molecular weight is 362 g/mol. The van der Waals surface area contributed by atoms with E-state index >= 15 is 0 Å². The lowest BCUT2D eigenvalue weighted by molar-refractivity contribution is -0.127. The number of hydrogen-bond acceptors (Lipinski definition) is 3. The first-order valence-electron chi connectivity index (χ1n) is 9.30. The molecule has 5 nitrogen and oxygen atoms in total. The van der Waals surface area contributed by atoms with Gasteiger partial charge in [0, 0.05) is 18.5 Å². The molecule has 1 aliphatic carbocycles. The molecule has 2 fully saturated rings. The Balaban J connectivity index is 1.59. The second-order valence-electron chi connectivity index (χ2n) is 8.19. The van der Waals surface area contributed by atoms with Crippen molar-refractivity contribution in [3.8, 4) is 0 Å². The van der Waals surface area contributed by atoms with Crippen LogP contribution in [0.1, 0.15) is 57.9 Å². The smallest absolute Gasteiger partial charge is 0.410 e. The lowest BCUT2D eigenvalue weighted by Crippen LogP contribution is -2.53. The van der Waals surface area contributed by atoms with E-state index in [2.05, 4.69) is 5.32 Å². The Labute approximate surface area is 153 Å². The third-order valence-electron chi connectivity index (χ3n) is 4.85. The number of piperidine rings is 1. The van der Waals surface area contributed by atoms with Crippen molar-refractivity contribution < 1.29 is 18.7 Å². The minimum absolute atomic E-state index is 0.0513. The Morgan fingerprint density at radius 2 is 1.88 bits per heavy atom. The zero-order valence-corrected chi connectivity index (χ0v) is 15.6. The maximum absolute atomic E-state index is 13.0. The Morgan fingerprint density at radius 3 is 2.54 bits per heavy atom.